The normalized spacial score (nSPS) is 13.8. The van der Waals surface area contributed by atoms with E-state index in [1.54, 1.807) is 7.11 Å². The van der Waals surface area contributed by atoms with Crippen LogP contribution in [0.25, 0.3) is 0 Å². The number of ether oxygens (including phenoxy) is 1. The van der Waals surface area contributed by atoms with E-state index in [4.69, 9.17) is 27.9 Å². The average molecular weight is 324 g/mol. The standard InChI is InChI=1S/C17H19Cl2NO/c1-11(13-5-4-6-15(9-13)21-3)20-12(2)14-7-8-16(18)17(19)10-14/h4-12,20H,1-3H3/t11-,12?/m1/s1. The Morgan fingerprint density at radius 1 is 0.905 bits per heavy atom. The van der Waals surface area contributed by atoms with Crippen LogP contribution in [0, 0.1) is 0 Å². The molecule has 0 radical (unpaired) electrons. The van der Waals surface area contributed by atoms with E-state index in [1.165, 1.54) is 5.56 Å². The van der Waals surface area contributed by atoms with Crippen LogP contribution in [0.1, 0.15) is 37.1 Å². The second-order valence-corrected chi connectivity index (χ2v) is 5.87. The van der Waals surface area contributed by atoms with Gasteiger partial charge in [-0.05, 0) is 49.2 Å². The van der Waals surface area contributed by atoms with Crippen molar-refractivity contribution in [1.29, 1.82) is 0 Å². The second kappa shape index (κ2) is 7.17. The molecule has 112 valence electrons. The van der Waals surface area contributed by atoms with E-state index in [0.29, 0.717) is 10.0 Å². The van der Waals surface area contributed by atoms with Crippen LogP contribution in [-0.4, -0.2) is 7.11 Å². The Morgan fingerprint density at radius 3 is 2.19 bits per heavy atom. The first-order valence-corrected chi connectivity index (χ1v) is 7.62. The van der Waals surface area contributed by atoms with Crippen LogP contribution < -0.4 is 10.1 Å². The van der Waals surface area contributed by atoms with Gasteiger partial charge >= 0.3 is 0 Å². The highest BCUT2D eigenvalue weighted by Gasteiger charge is 2.12. The van der Waals surface area contributed by atoms with Crippen LogP contribution in [0.3, 0.4) is 0 Å². The second-order valence-electron chi connectivity index (χ2n) is 5.06. The van der Waals surface area contributed by atoms with Crippen molar-refractivity contribution in [3.8, 4) is 5.75 Å². The van der Waals surface area contributed by atoms with E-state index in [0.717, 1.165) is 11.3 Å². The molecule has 0 amide bonds. The Hall–Kier alpha value is -1.22. The van der Waals surface area contributed by atoms with Crippen molar-refractivity contribution in [2.24, 2.45) is 0 Å². The van der Waals surface area contributed by atoms with Crippen LogP contribution in [-0.2, 0) is 0 Å². The summed E-state index contributed by atoms with van der Waals surface area (Å²) in [6.07, 6.45) is 0. The predicted octanol–water partition coefficient (Wildman–Crippen LogP) is 5.41. The van der Waals surface area contributed by atoms with Crippen molar-refractivity contribution in [1.82, 2.24) is 5.32 Å². The van der Waals surface area contributed by atoms with Crippen molar-refractivity contribution < 1.29 is 4.74 Å². The zero-order valence-electron chi connectivity index (χ0n) is 12.4. The van der Waals surface area contributed by atoms with Crippen LogP contribution in [0.15, 0.2) is 42.5 Å². The van der Waals surface area contributed by atoms with Gasteiger partial charge in [0.15, 0.2) is 0 Å². The third kappa shape index (κ3) is 4.13. The first-order chi connectivity index (χ1) is 10.0. The molecule has 4 heteroatoms. The van der Waals surface area contributed by atoms with Crippen molar-refractivity contribution in [3.05, 3.63) is 63.6 Å². The number of halogens is 2. The Kier molecular flexibility index (Phi) is 5.51. The Labute approximate surface area is 136 Å². The van der Waals surface area contributed by atoms with Gasteiger partial charge in [0.25, 0.3) is 0 Å². The summed E-state index contributed by atoms with van der Waals surface area (Å²) in [5, 5.41) is 4.71. The Morgan fingerprint density at radius 2 is 1.57 bits per heavy atom. The third-order valence-electron chi connectivity index (χ3n) is 3.54. The van der Waals surface area contributed by atoms with Crippen LogP contribution in [0.2, 0.25) is 10.0 Å². The molecule has 1 unspecified atom stereocenters. The van der Waals surface area contributed by atoms with Gasteiger partial charge in [0.2, 0.25) is 0 Å². The molecule has 0 aromatic heterocycles. The molecule has 0 fully saturated rings. The number of methoxy groups -OCH3 is 1. The summed E-state index contributed by atoms with van der Waals surface area (Å²) in [4.78, 5) is 0. The van der Waals surface area contributed by atoms with Gasteiger partial charge in [-0.25, -0.2) is 0 Å². The molecule has 0 heterocycles. The van der Waals surface area contributed by atoms with E-state index < -0.39 is 0 Å². The number of benzene rings is 2. The molecular weight excluding hydrogens is 305 g/mol. The maximum Gasteiger partial charge on any atom is 0.119 e. The fourth-order valence-corrected chi connectivity index (χ4v) is 2.57. The van der Waals surface area contributed by atoms with Crippen molar-refractivity contribution in [2.45, 2.75) is 25.9 Å². The van der Waals surface area contributed by atoms with Crippen LogP contribution >= 0.6 is 23.2 Å². The minimum absolute atomic E-state index is 0.168. The van der Waals surface area contributed by atoms with E-state index in [1.807, 2.05) is 36.4 Å². The van der Waals surface area contributed by atoms with Crippen molar-refractivity contribution >= 4 is 23.2 Å². The molecule has 21 heavy (non-hydrogen) atoms. The van der Waals surface area contributed by atoms with Gasteiger partial charge in [0.05, 0.1) is 17.2 Å². The van der Waals surface area contributed by atoms with Crippen molar-refractivity contribution in [2.75, 3.05) is 7.11 Å². The van der Waals surface area contributed by atoms with Gasteiger partial charge < -0.3 is 10.1 Å². The molecule has 2 aromatic carbocycles. The molecule has 0 bridgehead atoms. The van der Waals surface area contributed by atoms with Crippen LogP contribution in [0.5, 0.6) is 5.75 Å². The van der Waals surface area contributed by atoms with Gasteiger partial charge in [-0.1, -0.05) is 41.4 Å². The summed E-state index contributed by atoms with van der Waals surface area (Å²) in [5.74, 6) is 0.864. The third-order valence-corrected chi connectivity index (χ3v) is 4.28. The molecule has 1 N–H and O–H groups in total. The van der Waals surface area contributed by atoms with Gasteiger partial charge in [-0.3, -0.25) is 0 Å². The molecule has 0 aliphatic heterocycles. The predicted molar refractivity (Wildman–Crippen MR) is 89.4 cm³/mol. The first-order valence-electron chi connectivity index (χ1n) is 6.86. The topological polar surface area (TPSA) is 21.3 Å². The van der Waals surface area contributed by atoms with Gasteiger partial charge in [-0.2, -0.15) is 0 Å². The zero-order chi connectivity index (χ0) is 15.4. The number of hydrogen-bond donors (Lipinski definition) is 1. The fourth-order valence-electron chi connectivity index (χ4n) is 2.26. The molecule has 0 aliphatic rings. The molecule has 0 aliphatic carbocycles. The molecule has 2 rings (SSSR count). The molecule has 0 spiro atoms. The largest absolute Gasteiger partial charge is 0.497 e. The minimum Gasteiger partial charge on any atom is -0.497 e. The molecule has 2 nitrogen and oxygen atoms in total. The summed E-state index contributed by atoms with van der Waals surface area (Å²) in [5.41, 5.74) is 2.29. The Bertz CT molecular complexity index is 615. The zero-order valence-corrected chi connectivity index (χ0v) is 13.9. The molecule has 2 aromatic rings. The van der Waals surface area contributed by atoms with Crippen molar-refractivity contribution in [3.63, 3.8) is 0 Å². The fraction of sp³-hybridized carbons (Fsp3) is 0.294. The lowest BCUT2D eigenvalue weighted by atomic mass is 10.0. The molecule has 2 atom stereocenters. The Balaban J connectivity index is 2.10. The van der Waals surface area contributed by atoms with E-state index in [2.05, 4.69) is 25.2 Å². The van der Waals surface area contributed by atoms with Gasteiger partial charge in [0.1, 0.15) is 5.75 Å². The van der Waals surface area contributed by atoms with E-state index in [9.17, 15) is 0 Å². The monoisotopic (exact) mass is 323 g/mol. The minimum atomic E-state index is 0.168. The van der Waals surface area contributed by atoms with E-state index in [-0.39, 0.29) is 12.1 Å². The highest BCUT2D eigenvalue weighted by molar-refractivity contribution is 6.42. The summed E-state index contributed by atoms with van der Waals surface area (Å²) < 4.78 is 5.26. The maximum atomic E-state index is 6.07. The quantitative estimate of drug-likeness (QED) is 0.793. The lowest BCUT2D eigenvalue weighted by Crippen LogP contribution is -2.22. The highest BCUT2D eigenvalue weighted by atomic mass is 35.5. The molecular formula is C17H19Cl2NO. The molecule has 0 saturated carbocycles. The smallest absolute Gasteiger partial charge is 0.119 e. The maximum absolute atomic E-state index is 6.07. The first kappa shape index (κ1) is 16.2. The number of nitrogens with one attached hydrogen (secondary N) is 1. The van der Waals surface area contributed by atoms with Gasteiger partial charge in [-0.15, -0.1) is 0 Å². The number of rotatable bonds is 5. The SMILES string of the molecule is COc1cccc([C@@H](C)NC(C)c2ccc(Cl)c(Cl)c2)c1. The highest BCUT2D eigenvalue weighted by Crippen LogP contribution is 2.27. The summed E-state index contributed by atoms with van der Waals surface area (Å²) in [7, 11) is 1.68. The van der Waals surface area contributed by atoms with Gasteiger partial charge in [0, 0.05) is 12.1 Å². The number of hydrogen-bond acceptors (Lipinski definition) is 2. The summed E-state index contributed by atoms with van der Waals surface area (Å²) in [6, 6.07) is 14.2. The lowest BCUT2D eigenvalue weighted by Gasteiger charge is -2.21. The molecule has 0 saturated heterocycles. The summed E-state index contributed by atoms with van der Waals surface area (Å²) >= 11 is 12.0. The van der Waals surface area contributed by atoms with Crippen LogP contribution in [0.4, 0.5) is 0 Å². The lowest BCUT2D eigenvalue weighted by molar-refractivity contribution is 0.412. The van der Waals surface area contributed by atoms with E-state index >= 15 is 0 Å². The average Bonchev–Trinajstić information content (AvgIpc) is 2.49. The summed E-state index contributed by atoms with van der Waals surface area (Å²) in [6.45, 7) is 4.24.